The maximum absolute atomic E-state index is 5.91. The summed E-state index contributed by atoms with van der Waals surface area (Å²) < 4.78 is -0.383. The molecule has 0 saturated heterocycles. The van der Waals surface area contributed by atoms with Crippen LogP contribution in [0.4, 0.5) is 0 Å². The van der Waals surface area contributed by atoms with E-state index in [-0.39, 0.29) is 0 Å². The summed E-state index contributed by atoms with van der Waals surface area (Å²) in [6, 6.07) is 5.44. The van der Waals surface area contributed by atoms with Gasteiger partial charge in [0.2, 0.25) is 0 Å². The van der Waals surface area contributed by atoms with Crippen LogP contribution in [0.25, 0.3) is 0 Å². The molecular formula is C8H5BrCl4. The van der Waals surface area contributed by atoms with Gasteiger partial charge in [0.05, 0.1) is 0 Å². The van der Waals surface area contributed by atoms with Crippen LogP contribution in [0.15, 0.2) is 22.7 Å². The minimum absolute atomic E-state index is 0.302. The Hall–Kier alpha value is 0.860. The molecule has 0 heterocycles. The Morgan fingerprint density at radius 2 is 1.85 bits per heavy atom. The minimum atomic E-state index is -1.30. The number of rotatable bonds is 1. The molecule has 72 valence electrons. The van der Waals surface area contributed by atoms with Gasteiger partial charge in [-0.15, -0.1) is 0 Å². The quantitative estimate of drug-likeness (QED) is 0.637. The zero-order valence-electron chi connectivity index (χ0n) is 6.33. The molecule has 0 bridgehead atoms. The lowest BCUT2D eigenvalue weighted by atomic mass is 10.2. The first-order valence-corrected chi connectivity index (χ1v) is 5.69. The largest absolute Gasteiger partial charge is 0.194 e. The summed E-state index contributed by atoms with van der Waals surface area (Å²) in [5.74, 6) is 0. The average molecular weight is 323 g/mol. The molecule has 1 aromatic rings. The molecule has 0 atom stereocenters. The summed E-state index contributed by atoms with van der Waals surface area (Å²) in [7, 11) is 0. The first-order chi connectivity index (χ1) is 5.88. The van der Waals surface area contributed by atoms with E-state index in [4.69, 9.17) is 46.4 Å². The van der Waals surface area contributed by atoms with Gasteiger partial charge in [0.25, 0.3) is 0 Å². The molecule has 0 aromatic heterocycles. The molecule has 0 aliphatic heterocycles. The average Bonchev–Trinajstić information content (AvgIpc) is 1.94. The van der Waals surface area contributed by atoms with E-state index in [1.54, 1.807) is 6.07 Å². The summed E-state index contributed by atoms with van der Waals surface area (Å²) >= 11 is 26.2. The van der Waals surface area contributed by atoms with Crippen LogP contribution in [-0.4, -0.2) is 3.79 Å². The van der Waals surface area contributed by atoms with Gasteiger partial charge in [-0.05, 0) is 23.8 Å². The molecule has 0 unspecified atom stereocenters. The first-order valence-electron chi connectivity index (χ1n) is 3.39. The zero-order valence-corrected chi connectivity index (χ0v) is 10.9. The lowest BCUT2D eigenvalue weighted by Crippen LogP contribution is -2.07. The Labute approximate surface area is 105 Å². The highest BCUT2D eigenvalue weighted by Gasteiger charge is 2.21. The molecule has 0 aliphatic rings. The normalized spacial score (nSPS) is 11.8. The molecule has 0 N–H and O–H groups in total. The fourth-order valence-corrected chi connectivity index (χ4v) is 1.92. The smallest absolute Gasteiger partial charge is 0.0840 e. The van der Waals surface area contributed by atoms with Crippen molar-refractivity contribution < 1.29 is 0 Å². The van der Waals surface area contributed by atoms with Crippen molar-refractivity contribution in [3.63, 3.8) is 0 Å². The van der Waals surface area contributed by atoms with E-state index < -0.39 is 3.79 Å². The predicted octanol–water partition coefficient (Wildman–Crippen LogP) is 5.02. The van der Waals surface area contributed by atoms with Crippen molar-refractivity contribution in [3.05, 3.63) is 33.3 Å². The highest BCUT2D eigenvalue weighted by molar-refractivity contribution is 9.10. The summed E-state index contributed by atoms with van der Waals surface area (Å²) in [5.41, 5.74) is 0.816. The third-order valence-electron chi connectivity index (χ3n) is 1.40. The molecule has 0 nitrogen and oxygen atoms in total. The molecule has 5 heteroatoms. The van der Waals surface area contributed by atoms with Crippen LogP contribution in [-0.2, 0) is 6.42 Å². The minimum Gasteiger partial charge on any atom is -0.0840 e. The summed E-state index contributed by atoms with van der Waals surface area (Å²) in [4.78, 5) is 0. The van der Waals surface area contributed by atoms with Crippen LogP contribution in [0.5, 0.6) is 0 Å². The van der Waals surface area contributed by atoms with Gasteiger partial charge in [-0.2, -0.15) is 0 Å². The van der Waals surface area contributed by atoms with Crippen LogP contribution in [0.3, 0.4) is 0 Å². The summed E-state index contributed by atoms with van der Waals surface area (Å²) in [6.07, 6.45) is 0.302. The van der Waals surface area contributed by atoms with Crippen LogP contribution >= 0.6 is 62.3 Å². The van der Waals surface area contributed by atoms with E-state index in [9.17, 15) is 0 Å². The first kappa shape index (κ1) is 11.9. The lowest BCUT2D eigenvalue weighted by Gasteiger charge is -2.11. The molecule has 0 saturated carbocycles. The van der Waals surface area contributed by atoms with E-state index in [1.807, 2.05) is 12.1 Å². The number of hydrogen-bond donors (Lipinski definition) is 0. The maximum Gasteiger partial charge on any atom is 0.194 e. The van der Waals surface area contributed by atoms with Gasteiger partial charge in [0.1, 0.15) is 0 Å². The van der Waals surface area contributed by atoms with Crippen LogP contribution < -0.4 is 0 Å². The molecule has 0 spiro atoms. The Morgan fingerprint density at radius 1 is 1.23 bits per heavy atom. The van der Waals surface area contributed by atoms with E-state index in [0.29, 0.717) is 11.4 Å². The van der Waals surface area contributed by atoms with E-state index in [1.165, 1.54) is 0 Å². The highest BCUT2D eigenvalue weighted by atomic mass is 79.9. The van der Waals surface area contributed by atoms with Crippen molar-refractivity contribution >= 4 is 62.3 Å². The van der Waals surface area contributed by atoms with Gasteiger partial charge < -0.3 is 0 Å². The maximum atomic E-state index is 5.91. The second-order valence-corrected chi connectivity index (χ2v) is 6.37. The molecule has 1 rings (SSSR count). The standard InChI is InChI=1S/C8H5BrCl4/c9-6-1-2-7(10)5(3-6)4-8(11,12)13/h1-3H,4H2. The van der Waals surface area contributed by atoms with Crippen molar-refractivity contribution in [1.29, 1.82) is 0 Å². The molecule has 0 aliphatic carbocycles. The van der Waals surface area contributed by atoms with Gasteiger partial charge >= 0.3 is 0 Å². The second kappa shape index (κ2) is 4.59. The van der Waals surface area contributed by atoms with Gasteiger partial charge in [-0.3, -0.25) is 0 Å². The Balaban J connectivity index is 2.94. The third kappa shape index (κ3) is 4.26. The third-order valence-corrected chi connectivity index (χ3v) is 2.66. The molecule has 0 fully saturated rings. The summed E-state index contributed by atoms with van der Waals surface area (Å²) in [5, 5.41) is 0.606. The van der Waals surface area contributed by atoms with Gasteiger partial charge in [0.15, 0.2) is 3.79 Å². The number of alkyl halides is 3. The molecule has 0 radical (unpaired) electrons. The fraction of sp³-hybridized carbons (Fsp3) is 0.250. The Kier molecular flexibility index (Phi) is 4.21. The van der Waals surface area contributed by atoms with Crippen LogP contribution in [0.2, 0.25) is 5.02 Å². The van der Waals surface area contributed by atoms with Crippen molar-refractivity contribution in [2.45, 2.75) is 10.2 Å². The number of benzene rings is 1. The molecule has 1 aromatic carbocycles. The molecule has 13 heavy (non-hydrogen) atoms. The highest BCUT2D eigenvalue weighted by Crippen LogP contribution is 2.33. The van der Waals surface area contributed by atoms with Gasteiger partial charge in [-0.1, -0.05) is 62.3 Å². The number of halogens is 5. The molecular weight excluding hydrogens is 318 g/mol. The topological polar surface area (TPSA) is 0 Å². The van der Waals surface area contributed by atoms with Gasteiger partial charge in [0, 0.05) is 15.9 Å². The van der Waals surface area contributed by atoms with Crippen molar-refractivity contribution in [3.8, 4) is 0 Å². The molecule has 0 amide bonds. The summed E-state index contributed by atoms with van der Waals surface area (Å²) in [6.45, 7) is 0. The number of hydrogen-bond acceptors (Lipinski definition) is 0. The lowest BCUT2D eigenvalue weighted by molar-refractivity contribution is 1.02. The SMILES string of the molecule is Clc1ccc(Br)cc1CC(Cl)(Cl)Cl. The van der Waals surface area contributed by atoms with Crippen molar-refractivity contribution in [2.24, 2.45) is 0 Å². The van der Waals surface area contributed by atoms with E-state index in [2.05, 4.69) is 15.9 Å². The Morgan fingerprint density at radius 3 is 2.38 bits per heavy atom. The van der Waals surface area contributed by atoms with Gasteiger partial charge in [-0.25, -0.2) is 0 Å². The van der Waals surface area contributed by atoms with E-state index in [0.717, 1.165) is 10.0 Å². The monoisotopic (exact) mass is 320 g/mol. The van der Waals surface area contributed by atoms with Crippen LogP contribution in [0, 0.1) is 0 Å². The zero-order chi connectivity index (χ0) is 10.1. The van der Waals surface area contributed by atoms with E-state index >= 15 is 0 Å². The second-order valence-electron chi connectivity index (χ2n) is 2.53. The fourth-order valence-electron chi connectivity index (χ4n) is 0.895. The Bertz CT molecular complexity index is 306. The van der Waals surface area contributed by atoms with Crippen molar-refractivity contribution in [1.82, 2.24) is 0 Å². The van der Waals surface area contributed by atoms with Crippen molar-refractivity contribution in [2.75, 3.05) is 0 Å². The predicted molar refractivity (Wildman–Crippen MR) is 63.1 cm³/mol. The van der Waals surface area contributed by atoms with Crippen LogP contribution in [0.1, 0.15) is 5.56 Å².